The van der Waals surface area contributed by atoms with Crippen LogP contribution in [-0.4, -0.2) is 35.4 Å². The van der Waals surface area contributed by atoms with Crippen molar-refractivity contribution in [2.75, 3.05) is 11.9 Å². The fourth-order valence-corrected chi connectivity index (χ4v) is 3.86. The third-order valence-electron chi connectivity index (χ3n) is 5.48. The summed E-state index contributed by atoms with van der Waals surface area (Å²) in [6.07, 6.45) is -1.53. The lowest BCUT2D eigenvalue weighted by molar-refractivity contribution is -0.126. The molecule has 3 aromatic rings. The molecule has 2 N–H and O–H groups in total. The molecule has 3 amide bonds. The van der Waals surface area contributed by atoms with Gasteiger partial charge in [0.25, 0.3) is 5.91 Å². The Hall–Kier alpha value is -4.20. The molecule has 34 heavy (non-hydrogen) atoms. The first kappa shape index (κ1) is 23.0. The van der Waals surface area contributed by atoms with Crippen molar-refractivity contribution in [1.82, 2.24) is 10.2 Å². The minimum Gasteiger partial charge on any atom is -0.438 e. The first-order valence-corrected chi connectivity index (χ1v) is 10.9. The van der Waals surface area contributed by atoms with Gasteiger partial charge >= 0.3 is 6.09 Å². The highest BCUT2D eigenvalue weighted by molar-refractivity contribution is 6.04. The number of likely N-dealkylation sites (N-methyl/N-ethyl adjacent to an activating group) is 1. The van der Waals surface area contributed by atoms with Gasteiger partial charge in [0.15, 0.2) is 12.1 Å². The Kier molecular flexibility index (Phi) is 6.87. The average molecular weight is 461 g/mol. The number of nitrogens with one attached hydrogen (secondary N) is 2. The number of amides is 3. The zero-order valence-corrected chi connectivity index (χ0v) is 18.5. The monoisotopic (exact) mass is 461 g/mol. The number of nitrogens with zero attached hydrogens (tertiary/aromatic N) is 1. The van der Waals surface area contributed by atoms with Gasteiger partial charge in [0.1, 0.15) is 5.82 Å². The predicted molar refractivity (Wildman–Crippen MR) is 124 cm³/mol. The van der Waals surface area contributed by atoms with E-state index < -0.39 is 18.2 Å². The second-order valence-corrected chi connectivity index (χ2v) is 7.84. The molecule has 0 spiro atoms. The summed E-state index contributed by atoms with van der Waals surface area (Å²) in [6.45, 7) is 2.25. The molecule has 0 radical (unpaired) electrons. The maximum Gasteiger partial charge on any atom is 0.411 e. The van der Waals surface area contributed by atoms with E-state index in [1.54, 1.807) is 67.6 Å². The molecular formula is C26H24FN3O4. The number of benzene rings is 3. The van der Waals surface area contributed by atoms with Crippen LogP contribution in [0.1, 0.15) is 34.5 Å². The van der Waals surface area contributed by atoms with Gasteiger partial charge in [-0.1, -0.05) is 42.5 Å². The van der Waals surface area contributed by atoms with Gasteiger partial charge in [-0.05, 0) is 54.4 Å². The van der Waals surface area contributed by atoms with Crippen molar-refractivity contribution in [2.45, 2.75) is 25.6 Å². The van der Waals surface area contributed by atoms with Crippen LogP contribution in [0.3, 0.4) is 0 Å². The minimum absolute atomic E-state index is 0.0852. The molecule has 0 bridgehead atoms. The van der Waals surface area contributed by atoms with E-state index in [9.17, 15) is 18.8 Å². The number of halogens is 1. The molecule has 0 unspecified atom stereocenters. The largest absolute Gasteiger partial charge is 0.438 e. The SMILES string of the molecule is CCNC(=O)[C@H]1[C@@H](c2cccc(NC(=O)c3ccccc3)c2)OC(=O)N1Cc1ccc(F)cc1. The molecular weight excluding hydrogens is 437 g/mol. The Bertz CT molecular complexity index is 1180. The van der Waals surface area contributed by atoms with Crippen molar-refractivity contribution in [2.24, 2.45) is 0 Å². The van der Waals surface area contributed by atoms with Crippen molar-refractivity contribution in [1.29, 1.82) is 0 Å². The van der Waals surface area contributed by atoms with Gasteiger partial charge in [-0.2, -0.15) is 0 Å². The van der Waals surface area contributed by atoms with Gasteiger partial charge in [-0.3, -0.25) is 14.5 Å². The number of ether oxygens (including phenoxy) is 1. The molecule has 7 nitrogen and oxygen atoms in total. The first-order chi connectivity index (χ1) is 16.5. The summed E-state index contributed by atoms with van der Waals surface area (Å²) in [6, 6.07) is 20.4. The molecule has 1 aliphatic rings. The van der Waals surface area contributed by atoms with E-state index in [0.717, 1.165) is 0 Å². The maximum absolute atomic E-state index is 13.3. The number of carbonyl (C=O) groups is 3. The second kappa shape index (κ2) is 10.2. The highest BCUT2D eigenvalue weighted by Gasteiger charge is 2.46. The molecule has 1 heterocycles. The third-order valence-corrected chi connectivity index (χ3v) is 5.48. The van der Waals surface area contributed by atoms with E-state index in [0.29, 0.717) is 28.9 Å². The molecule has 0 aliphatic carbocycles. The van der Waals surface area contributed by atoms with Crippen LogP contribution in [0.2, 0.25) is 0 Å². The van der Waals surface area contributed by atoms with E-state index in [-0.39, 0.29) is 24.2 Å². The van der Waals surface area contributed by atoms with Crippen molar-refractivity contribution < 1.29 is 23.5 Å². The van der Waals surface area contributed by atoms with Crippen molar-refractivity contribution >= 4 is 23.6 Å². The molecule has 8 heteroatoms. The summed E-state index contributed by atoms with van der Waals surface area (Å²) in [5.74, 6) is -1.03. The van der Waals surface area contributed by atoms with E-state index >= 15 is 0 Å². The van der Waals surface area contributed by atoms with Gasteiger partial charge in [0, 0.05) is 17.8 Å². The van der Waals surface area contributed by atoms with Gasteiger partial charge in [-0.25, -0.2) is 9.18 Å². The molecule has 3 aromatic carbocycles. The lowest BCUT2D eigenvalue weighted by Gasteiger charge is -2.24. The van der Waals surface area contributed by atoms with Crippen molar-refractivity contribution in [3.63, 3.8) is 0 Å². The molecule has 1 saturated heterocycles. The first-order valence-electron chi connectivity index (χ1n) is 10.9. The second-order valence-electron chi connectivity index (χ2n) is 7.84. The van der Waals surface area contributed by atoms with Gasteiger partial charge < -0.3 is 15.4 Å². The summed E-state index contributed by atoms with van der Waals surface area (Å²) in [7, 11) is 0. The van der Waals surface area contributed by atoms with Crippen LogP contribution in [0.15, 0.2) is 78.9 Å². The molecule has 1 fully saturated rings. The quantitative estimate of drug-likeness (QED) is 0.550. The summed E-state index contributed by atoms with van der Waals surface area (Å²) < 4.78 is 18.9. The molecule has 2 atom stereocenters. The van der Waals surface area contributed by atoms with Crippen LogP contribution in [0.4, 0.5) is 14.9 Å². The smallest absolute Gasteiger partial charge is 0.411 e. The number of cyclic esters (lactones) is 1. The fraction of sp³-hybridized carbons (Fsp3) is 0.192. The lowest BCUT2D eigenvalue weighted by Crippen LogP contribution is -2.46. The van der Waals surface area contributed by atoms with Crippen LogP contribution in [0.5, 0.6) is 0 Å². The lowest BCUT2D eigenvalue weighted by atomic mass is 10.00. The van der Waals surface area contributed by atoms with Gasteiger partial charge in [-0.15, -0.1) is 0 Å². The summed E-state index contributed by atoms with van der Waals surface area (Å²) in [5, 5.41) is 5.59. The van der Waals surface area contributed by atoms with Crippen LogP contribution in [0.25, 0.3) is 0 Å². The standard InChI is InChI=1S/C26H24FN3O4/c1-2-28-25(32)22-23(34-26(33)30(22)16-17-11-13-20(27)14-12-17)19-9-6-10-21(15-19)29-24(31)18-7-4-3-5-8-18/h3-15,22-23H,2,16H2,1H3,(H,28,32)(H,29,31)/t22-,23-/m1/s1. The van der Waals surface area contributed by atoms with Gasteiger partial charge in [0.05, 0.1) is 6.54 Å². The Labute approximate surface area is 196 Å². The number of carbonyl (C=O) groups excluding carboxylic acids is 3. The fourth-order valence-electron chi connectivity index (χ4n) is 3.86. The van der Waals surface area contributed by atoms with E-state index in [4.69, 9.17) is 4.74 Å². The molecule has 174 valence electrons. The number of hydrogen-bond acceptors (Lipinski definition) is 4. The van der Waals surface area contributed by atoms with Crippen LogP contribution in [0, 0.1) is 5.82 Å². The summed E-state index contributed by atoms with van der Waals surface area (Å²) >= 11 is 0. The molecule has 1 aliphatic heterocycles. The average Bonchev–Trinajstić information content (AvgIpc) is 3.17. The maximum atomic E-state index is 13.3. The number of rotatable bonds is 7. The zero-order valence-electron chi connectivity index (χ0n) is 18.5. The Morgan fingerprint density at radius 2 is 1.74 bits per heavy atom. The highest BCUT2D eigenvalue weighted by Crippen LogP contribution is 2.35. The summed E-state index contributed by atoms with van der Waals surface area (Å²) in [4.78, 5) is 39.6. The predicted octanol–water partition coefficient (Wildman–Crippen LogP) is 4.28. The zero-order chi connectivity index (χ0) is 24.1. The van der Waals surface area contributed by atoms with Gasteiger partial charge in [0.2, 0.25) is 5.91 Å². The topological polar surface area (TPSA) is 87.7 Å². The Balaban J connectivity index is 1.59. The van der Waals surface area contributed by atoms with Crippen molar-refractivity contribution in [3.05, 3.63) is 101 Å². The van der Waals surface area contributed by atoms with Crippen LogP contribution >= 0.6 is 0 Å². The molecule has 4 rings (SSSR count). The number of hydrogen-bond donors (Lipinski definition) is 2. The van der Waals surface area contributed by atoms with Crippen LogP contribution in [-0.2, 0) is 16.1 Å². The minimum atomic E-state index is -0.933. The third kappa shape index (κ3) is 5.06. The molecule has 0 aromatic heterocycles. The number of anilines is 1. The van der Waals surface area contributed by atoms with E-state index in [1.807, 2.05) is 6.07 Å². The normalized spacial score (nSPS) is 17.2. The highest BCUT2D eigenvalue weighted by atomic mass is 19.1. The Morgan fingerprint density at radius 3 is 2.44 bits per heavy atom. The van der Waals surface area contributed by atoms with Crippen molar-refractivity contribution in [3.8, 4) is 0 Å². The van der Waals surface area contributed by atoms with Crippen LogP contribution < -0.4 is 10.6 Å². The Morgan fingerprint density at radius 1 is 1.00 bits per heavy atom. The van der Waals surface area contributed by atoms with E-state index in [2.05, 4.69) is 10.6 Å². The molecule has 0 saturated carbocycles. The van der Waals surface area contributed by atoms with E-state index in [1.165, 1.54) is 17.0 Å². The summed E-state index contributed by atoms with van der Waals surface area (Å²) in [5.41, 5.74) is 2.24.